The molecule has 7 aromatic rings. The minimum Gasteiger partial charge on any atom is -0.376 e. The number of halogens is 1. The van der Waals surface area contributed by atoms with Crippen LogP contribution in [0.4, 0.5) is 22.7 Å². The number of anilines is 3. The van der Waals surface area contributed by atoms with Crippen LogP contribution in [0.5, 0.6) is 0 Å². The number of rotatable bonds is 16. The van der Waals surface area contributed by atoms with Crippen LogP contribution in [0.15, 0.2) is 196 Å². The van der Waals surface area contributed by atoms with Crippen molar-refractivity contribution >= 4 is 73.5 Å². The van der Waals surface area contributed by atoms with Crippen LogP contribution in [0.25, 0.3) is 16.7 Å². The quantitative estimate of drug-likeness (QED) is 0.0536. The van der Waals surface area contributed by atoms with Gasteiger partial charge in [-0.1, -0.05) is 96.5 Å². The molecule has 0 saturated carbocycles. The van der Waals surface area contributed by atoms with Crippen molar-refractivity contribution in [3.8, 4) is 11.1 Å². The van der Waals surface area contributed by atoms with Gasteiger partial charge in [0.25, 0.3) is 27.5 Å². The molecule has 0 aromatic heterocycles. The molecule has 0 aliphatic carbocycles. The zero-order valence-corrected chi connectivity index (χ0v) is 46.5. The molecule has 15 nitrogen and oxygen atoms in total. The van der Waals surface area contributed by atoms with Crippen molar-refractivity contribution < 1.29 is 22.9 Å². The normalized spacial score (nSPS) is 15.3. The lowest BCUT2D eigenvalue weighted by Gasteiger charge is -2.41. The smallest absolute Gasteiger partial charge is 0.293 e. The second-order valence-electron chi connectivity index (χ2n) is 20.0. The molecule has 11 rings (SSSR count). The summed E-state index contributed by atoms with van der Waals surface area (Å²) in [6, 6.07) is 52.4. The Labute approximate surface area is 469 Å². The molecule has 404 valence electrons. The van der Waals surface area contributed by atoms with E-state index < -0.39 is 26.5 Å². The molecule has 79 heavy (non-hydrogen) atoms. The first kappa shape index (κ1) is 54.6. The molecule has 1 atom stereocenters. The number of piperazine rings is 1. The zero-order chi connectivity index (χ0) is 55.2. The highest BCUT2D eigenvalue weighted by Gasteiger charge is 2.38. The van der Waals surface area contributed by atoms with Gasteiger partial charge in [0.05, 0.1) is 26.4 Å². The maximum atomic E-state index is 13.4. The number of allylic oxidation sites excluding steroid dienone is 1. The Morgan fingerprint density at radius 2 is 1.49 bits per heavy atom. The van der Waals surface area contributed by atoms with Crippen LogP contribution in [0.3, 0.4) is 0 Å². The van der Waals surface area contributed by atoms with E-state index in [0.29, 0.717) is 23.7 Å². The Kier molecular flexibility index (Phi) is 16.6. The molecule has 4 aliphatic rings. The van der Waals surface area contributed by atoms with Gasteiger partial charge < -0.3 is 20.0 Å². The minimum absolute atomic E-state index is 0.0754. The van der Waals surface area contributed by atoms with E-state index in [1.54, 1.807) is 36.0 Å². The largest absolute Gasteiger partial charge is 0.376 e. The van der Waals surface area contributed by atoms with E-state index in [1.807, 2.05) is 134 Å². The SMILES string of the molecule is CN(C)CC[C@H](CSc1ccccc1)Nc1ccc(S(=O)(=O)NC(=O)c2ccc(N3CCN(Cc4ccccc4-c4ccc(Cl)cc4)CC3)cc2)cc1[N+](=O)[O-].CN1C2=C3N=c4ccccc4=C3CCN2C(=O)c2ccccc21. The Morgan fingerprint density at radius 3 is 2.23 bits per heavy atom. The van der Waals surface area contributed by atoms with Crippen LogP contribution in [-0.4, -0.2) is 112 Å². The molecule has 0 unspecified atom stereocenters. The second-order valence-corrected chi connectivity index (χ2v) is 23.2. The number of hydrogen-bond acceptors (Lipinski definition) is 13. The van der Waals surface area contributed by atoms with E-state index in [1.165, 1.54) is 34.1 Å². The van der Waals surface area contributed by atoms with E-state index in [2.05, 4.69) is 49.0 Å². The fourth-order valence-corrected chi connectivity index (χ4v) is 12.4. The molecular formula is C61H60ClN9O6S2. The third-order valence-electron chi connectivity index (χ3n) is 14.5. The molecule has 1 saturated heterocycles. The highest BCUT2D eigenvalue weighted by molar-refractivity contribution is 7.99. The highest BCUT2D eigenvalue weighted by Crippen LogP contribution is 2.40. The molecule has 4 heterocycles. The van der Waals surface area contributed by atoms with Crippen molar-refractivity contribution in [3.05, 3.63) is 224 Å². The summed E-state index contributed by atoms with van der Waals surface area (Å²) in [6.45, 7) is 5.53. The van der Waals surface area contributed by atoms with Gasteiger partial charge >= 0.3 is 0 Å². The maximum absolute atomic E-state index is 13.4. The number of nitro groups is 1. The second kappa shape index (κ2) is 24.1. The van der Waals surface area contributed by atoms with Crippen molar-refractivity contribution in [1.82, 2.24) is 19.4 Å². The summed E-state index contributed by atoms with van der Waals surface area (Å²) in [6.07, 6.45) is 1.55. The summed E-state index contributed by atoms with van der Waals surface area (Å²) in [5.41, 5.74) is 8.36. The number of carbonyl (C=O) groups excluding carboxylic acids is 2. The molecule has 2 N–H and O–H groups in total. The van der Waals surface area contributed by atoms with Crippen LogP contribution in [-0.2, 0) is 16.6 Å². The highest BCUT2D eigenvalue weighted by atomic mass is 35.5. The van der Waals surface area contributed by atoms with E-state index >= 15 is 0 Å². The summed E-state index contributed by atoms with van der Waals surface area (Å²) in [7, 11) is 1.51. The number of nitrogens with one attached hydrogen (secondary N) is 2. The Hall–Kier alpha value is -7.80. The Balaban J connectivity index is 0.000000251. The maximum Gasteiger partial charge on any atom is 0.293 e. The van der Waals surface area contributed by atoms with Gasteiger partial charge in [-0.15, -0.1) is 11.8 Å². The van der Waals surface area contributed by atoms with Crippen LogP contribution in [0.2, 0.25) is 5.02 Å². The fourth-order valence-electron chi connectivity index (χ4n) is 10.3. The number of nitrogens with zero attached hydrogens (tertiary/aromatic N) is 7. The van der Waals surface area contributed by atoms with E-state index in [9.17, 15) is 28.1 Å². The van der Waals surface area contributed by atoms with E-state index in [4.69, 9.17) is 16.6 Å². The van der Waals surface area contributed by atoms with Gasteiger partial charge in [0, 0.05) is 90.6 Å². The molecule has 0 bridgehead atoms. The van der Waals surface area contributed by atoms with Crippen molar-refractivity contribution in [2.75, 3.05) is 81.3 Å². The number of para-hydroxylation sites is 2. The van der Waals surface area contributed by atoms with Crippen molar-refractivity contribution in [3.63, 3.8) is 0 Å². The summed E-state index contributed by atoms with van der Waals surface area (Å²) < 4.78 is 28.8. The first-order valence-corrected chi connectivity index (χ1v) is 29.0. The van der Waals surface area contributed by atoms with Crippen molar-refractivity contribution in [2.24, 2.45) is 4.99 Å². The molecule has 0 spiro atoms. The number of hydrogen-bond donors (Lipinski definition) is 2. The lowest BCUT2D eigenvalue weighted by molar-refractivity contribution is -0.384. The fraction of sp³-hybridized carbons (Fsp3) is 0.230. The summed E-state index contributed by atoms with van der Waals surface area (Å²) in [5.74, 6) is 0.797. The van der Waals surface area contributed by atoms with Gasteiger partial charge in [-0.25, -0.2) is 18.1 Å². The minimum atomic E-state index is -4.43. The third-order valence-corrected chi connectivity index (χ3v) is 17.2. The number of carbonyl (C=O) groups is 2. The van der Waals surface area contributed by atoms with Crippen molar-refractivity contribution in [1.29, 1.82) is 0 Å². The molecule has 18 heteroatoms. The van der Waals surface area contributed by atoms with Gasteiger partial charge in [-0.3, -0.25) is 29.5 Å². The van der Waals surface area contributed by atoms with E-state index in [0.717, 1.165) is 96.0 Å². The standard InChI is InChI=1S/C42H45ClN6O5S2.C19H15N3O/c1-46(2)23-22-35(30-55-37-9-4-3-5-10-37)44-40-21-20-38(28-41(40)49(51)52)56(53,54)45-42(50)32-14-18-36(19-15-32)48-26-24-47(25-27-48)29-33-8-6-7-11-39(33)31-12-16-34(43)17-13-31;1-21-16-9-5-3-7-14(16)19(23)22-11-10-13-12-6-2-4-8-15(12)20-17(13)18(21)22/h3-21,28,35,44H,22-27,29-30H2,1-2H3,(H,45,50);2-9H,10-11H2,1H3/t35-;/m1./s1. The molecule has 2 amide bonds. The predicted octanol–water partition coefficient (Wildman–Crippen LogP) is 9.52. The lowest BCUT2D eigenvalue weighted by Crippen LogP contribution is -2.46. The third kappa shape index (κ3) is 12.4. The van der Waals surface area contributed by atoms with Gasteiger partial charge in [-0.2, -0.15) is 0 Å². The van der Waals surface area contributed by atoms with Gasteiger partial charge in [-0.05, 0) is 135 Å². The number of nitro benzene ring substituents is 1. The Morgan fingerprint density at radius 1 is 0.810 bits per heavy atom. The molecule has 7 aromatic carbocycles. The first-order valence-electron chi connectivity index (χ1n) is 26.1. The number of benzene rings is 7. The summed E-state index contributed by atoms with van der Waals surface area (Å²) >= 11 is 7.75. The van der Waals surface area contributed by atoms with Crippen LogP contribution < -0.4 is 30.4 Å². The van der Waals surface area contributed by atoms with Crippen LogP contribution in [0, 0.1) is 10.1 Å². The number of amides is 2. The topological polar surface area (TPSA) is 164 Å². The average Bonchev–Trinajstić information content (AvgIpc) is 4.14. The molecule has 0 radical (unpaired) electrons. The number of sulfonamides is 1. The Bertz CT molecular complexity index is 3690. The first-order chi connectivity index (χ1) is 38.2. The van der Waals surface area contributed by atoms with Gasteiger partial charge in [0.1, 0.15) is 17.2 Å². The number of thioether (sulfide) groups is 1. The van der Waals surface area contributed by atoms with E-state index in [-0.39, 0.29) is 28.1 Å². The van der Waals surface area contributed by atoms with Crippen LogP contribution >= 0.6 is 23.4 Å². The average molecular weight is 1110 g/mol. The summed E-state index contributed by atoms with van der Waals surface area (Å²) in [4.78, 5) is 53.8. The molecule has 4 aliphatic heterocycles. The zero-order valence-electron chi connectivity index (χ0n) is 44.1. The summed E-state index contributed by atoms with van der Waals surface area (Å²) in [5, 5.41) is 18.4. The monoisotopic (exact) mass is 1110 g/mol. The van der Waals surface area contributed by atoms with Gasteiger partial charge in [0.2, 0.25) is 0 Å². The van der Waals surface area contributed by atoms with Crippen molar-refractivity contribution in [2.45, 2.75) is 35.2 Å². The molecule has 1 fully saturated rings. The predicted molar refractivity (Wildman–Crippen MR) is 314 cm³/mol. The molecular weight excluding hydrogens is 1050 g/mol. The lowest BCUT2D eigenvalue weighted by atomic mass is 9.99. The number of fused-ring (bicyclic) bond motifs is 4. The van der Waals surface area contributed by atoms with Crippen LogP contribution in [0.1, 0.15) is 39.1 Å². The van der Waals surface area contributed by atoms with Gasteiger partial charge in [0.15, 0.2) is 0 Å².